The first-order valence-corrected chi connectivity index (χ1v) is 9.01. The highest BCUT2D eigenvalue weighted by atomic mass is 35.5. The fraction of sp³-hybridized carbons (Fsp3) is 0.471. The van der Waals surface area contributed by atoms with E-state index < -0.39 is 35.2 Å². The largest absolute Gasteiger partial charge is 0.481 e. The Balaban J connectivity index is 2.84. The van der Waals surface area contributed by atoms with Crippen molar-refractivity contribution in [3.63, 3.8) is 0 Å². The van der Waals surface area contributed by atoms with Crippen LogP contribution in [0.2, 0.25) is 10.0 Å². The maximum Gasteiger partial charge on any atom is 0.312 e. The van der Waals surface area contributed by atoms with E-state index in [0.29, 0.717) is 16.3 Å². The van der Waals surface area contributed by atoms with E-state index in [1.807, 2.05) is 0 Å². The van der Waals surface area contributed by atoms with Crippen LogP contribution in [0.15, 0.2) is 23.2 Å². The van der Waals surface area contributed by atoms with Crippen LogP contribution in [-0.2, 0) is 9.59 Å². The Morgan fingerprint density at radius 1 is 1.28 bits per heavy atom. The topological polar surface area (TPSA) is 87.0 Å². The maximum atomic E-state index is 12.3. The molecule has 136 valence electrons. The van der Waals surface area contributed by atoms with Gasteiger partial charge in [0.25, 0.3) is 0 Å². The van der Waals surface area contributed by atoms with Crippen molar-refractivity contribution in [3.05, 3.63) is 33.8 Å². The van der Waals surface area contributed by atoms with Crippen LogP contribution < -0.4 is 0 Å². The second-order valence-electron chi connectivity index (χ2n) is 6.10. The molecule has 5 nitrogen and oxygen atoms in total. The van der Waals surface area contributed by atoms with Crippen LogP contribution in [-0.4, -0.2) is 39.8 Å². The summed E-state index contributed by atoms with van der Waals surface area (Å²) in [5, 5.41) is 20.5. The van der Waals surface area contributed by atoms with Gasteiger partial charge in [-0.05, 0) is 31.0 Å². The Labute approximate surface area is 160 Å². The number of aliphatic carboxylic acids is 2. The van der Waals surface area contributed by atoms with Crippen molar-refractivity contribution in [2.45, 2.75) is 32.2 Å². The summed E-state index contributed by atoms with van der Waals surface area (Å²) in [5.74, 6) is -4.36. The number of carboxylic acids is 2. The molecule has 1 heterocycles. The molecule has 0 radical (unpaired) electrons. The van der Waals surface area contributed by atoms with Gasteiger partial charge in [0.1, 0.15) is 5.92 Å². The van der Waals surface area contributed by atoms with Crippen LogP contribution in [0, 0.1) is 11.3 Å². The molecule has 4 atom stereocenters. The van der Waals surface area contributed by atoms with Gasteiger partial charge in [0.05, 0.1) is 11.5 Å². The molecule has 0 fully saturated rings. The standard InChI is InChI=1S/C17H18Cl3NO4/c1-3-17(16(24)25)12(7-18)21-8(2)13(15(22)23)14(17)10-5-4-9(19)6-11(10)20/h4-6,12-14H,3,7H2,1-2H3,(H,22,23)(H,24,25). The minimum absolute atomic E-state index is 0.0362. The number of halogens is 3. The van der Waals surface area contributed by atoms with E-state index in [9.17, 15) is 19.8 Å². The van der Waals surface area contributed by atoms with E-state index in [1.54, 1.807) is 26.0 Å². The lowest BCUT2D eigenvalue weighted by molar-refractivity contribution is -0.155. The zero-order chi connectivity index (χ0) is 18.9. The summed E-state index contributed by atoms with van der Waals surface area (Å²) in [6.07, 6.45) is 0.157. The van der Waals surface area contributed by atoms with Crippen molar-refractivity contribution in [1.29, 1.82) is 0 Å². The average Bonchev–Trinajstić information content (AvgIpc) is 2.53. The molecule has 0 saturated heterocycles. The summed E-state index contributed by atoms with van der Waals surface area (Å²) in [4.78, 5) is 28.6. The average molecular weight is 407 g/mol. The molecule has 0 bridgehead atoms. The zero-order valence-corrected chi connectivity index (χ0v) is 15.9. The van der Waals surface area contributed by atoms with Gasteiger partial charge in [-0.25, -0.2) is 0 Å². The molecular weight excluding hydrogens is 389 g/mol. The molecule has 2 rings (SSSR count). The number of carboxylic acid groups (broad SMARTS) is 2. The van der Waals surface area contributed by atoms with Crippen molar-refractivity contribution in [2.75, 3.05) is 5.88 Å². The molecule has 0 spiro atoms. The summed E-state index contributed by atoms with van der Waals surface area (Å²) in [6.45, 7) is 3.27. The van der Waals surface area contributed by atoms with Crippen LogP contribution in [0.1, 0.15) is 31.7 Å². The monoisotopic (exact) mass is 405 g/mol. The third-order valence-corrected chi connectivity index (χ3v) is 5.84. The number of alkyl halides is 1. The zero-order valence-electron chi connectivity index (χ0n) is 13.7. The van der Waals surface area contributed by atoms with Crippen molar-refractivity contribution >= 4 is 52.5 Å². The minimum Gasteiger partial charge on any atom is -0.481 e. The fourth-order valence-electron chi connectivity index (χ4n) is 3.77. The number of nitrogens with zero attached hydrogens (tertiary/aromatic N) is 1. The molecule has 1 aliphatic rings. The van der Waals surface area contributed by atoms with Crippen molar-refractivity contribution in [1.82, 2.24) is 0 Å². The summed E-state index contributed by atoms with van der Waals surface area (Å²) >= 11 is 18.3. The molecule has 0 amide bonds. The Hall–Kier alpha value is -1.30. The van der Waals surface area contributed by atoms with Gasteiger partial charge in [0, 0.05) is 27.6 Å². The van der Waals surface area contributed by atoms with E-state index in [1.165, 1.54) is 6.07 Å². The molecule has 8 heteroatoms. The summed E-state index contributed by atoms with van der Waals surface area (Å²) < 4.78 is 0. The highest BCUT2D eigenvalue weighted by molar-refractivity contribution is 6.35. The van der Waals surface area contributed by atoms with Gasteiger partial charge >= 0.3 is 11.9 Å². The lowest BCUT2D eigenvalue weighted by Crippen LogP contribution is -2.55. The van der Waals surface area contributed by atoms with Crippen LogP contribution in [0.5, 0.6) is 0 Å². The molecule has 1 aliphatic heterocycles. The van der Waals surface area contributed by atoms with Gasteiger partial charge < -0.3 is 10.2 Å². The Bertz CT molecular complexity index is 737. The van der Waals surface area contributed by atoms with Gasteiger partial charge in [-0.2, -0.15) is 0 Å². The SMILES string of the molecule is CCC1(C(=O)O)C(CCl)N=C(C)C(C(=O)O)C1c1ccc(Cl)cc1Cl. The van der Waals surface area contributed by atoms with E-state index in [2.05, 4.69) is 4.99 Å². The first-order valence-electron chi connectivity index (χ1n) is 7.72. The van der Waals surface area contributed by atoms with Crippen LogP contribution in [0.25, 0.3) is 0 Å². The third kappa shape index (κ3) is 3.25. The second-order valence-corrected chi connectivity index (χ2v) is 7.25. The van der Waals surface area contributed by atoms with E-state index in [-0.39, 0.29) is 17.3 Å². The number of benzene rings is 1. The molecule has 4 unspecified atom stereocenters. The van der Waals surface area contributed by atoms with E-state index in [0.717, 1.165) is 0 Å². The van der Waals surface area contributed by atoms with Gasteiger partial charge in [0.2, 0.25) is 0 Å². The number of carbonyl (C=O) groups is 2. The Kier molecular flexibility index (Phi) is 6.02. The number of hydrogen-bond acceptors (Lipinski definition) is 3. The first kappa shape index (κ1) is 20.0. The minimum atomic E-state index is -1.48. The fourth-order valence-corrected chi connectivity index (χ4v) is 4.64. The summed E-state index contributed by atoms with van der Waals surface area (Å²) in [7, 11) is 0. The Morgan fingerprint density at radius 2 is 1.92 bits per heavy atom. The molecule has 2 N–H and O–H groups in total. The van der Waals surface area contributed by atoms with E-state index in [4.69, 9.17) is 34.8 Å². The molecule has 1 aromatic carbocycles. The molecule has 0 aromatic heterocycles. The Morgan fingerprint density at radius 3 is 2.36 bits per heavy atom. The smallest absolute Gasteiger partial charge is 0.312 e. The van der Waals surface area contributed by atoms with Crippen molar-refractivity contribution < 1.29 is 19.8 Å². The summed E-state index contributed by atoms with van der Waals surface area (Å²) in [6, 6.07) is 3.88. The lowest BCUT2D eigenvalue weighted by Gasteiger charge is -2.46. The van der Waals surface area contributed by atoms with Gasteiger partial charge in [-0.15, -0.1) is 11.6 Å². The lowest BCUT2D eigenvalue weighted by atomic mass is 9.58. The van der Waals surface area contributed by atoms with E-state index >= 15 is 0 Å². The van der Waals surface area contributed by atoms with Crippen LogP contribution in [0.4, 0.5) is 0 Å². The summed E-state index contributed by atoms with van der Waals surface area (Å²) in [5.41, 5.74) is -0.728. The van der Waals surface area contributed by atoms with Crippen LogP contribution in [0.3, 0.4) is 0 Å². The molecule has 0 aliphatic carbocycles. The normalized spacial score (nSPS) is 29.2. The van der Waals surface area contributed by atoms with Crippen molar-refractivity contribution in [3.8, 4) is 0 Å². The van der Waals surface area contributed by atoms with Gasteiger partial charge in [-0.1, -0.05) is 36.2 Å². The van der Waals surface area contributed by atoms with Crippen LogP contribution >= 0.6 is 34.8 Å². The molecular formula is C17H18Cl3NO4. The highest BCUT2D eigenvalue weighted by Crippen LogP contribution is 2.53. The molecule has 0 saturated carbocycles. The molecule has 1 aromatic rings. The number of hydrogen-bond donors (Lipinski definition) is 2. The second kappa shape index (κ2) is 7.52. The quantitative estimate of drug-likeness (QED) is 0.712. The predicted molar refractivity (Wildman–Crippen MR) is 98.3 cm³/mol. The first-order chi connectivity index (χ1) is 11.7. The van der Waals surface area contributed by atoms with Gasteiger partial charge in [0.15, 0.2) is 0 Å². The van der Waals surface area contributed by atoms with Gasteiger partial charge in [-0.3, -0.25) is 14.6 Å². The number of rotatable bonds is 5. The number of aliphatic imine (C=N–C) groups is 1. The highest BCUT2D eigenvalue weighted by Gasteiger charge is 2.58. The third-order valence-electron chi connectivity index (χ3n) is 4.99. The predicted octanol–water partition coefficient (Wildman–Crippen LogP) is 4.34. The van der Waals surface area contributed by atoms with Crippen molar-refractivity contribution in [2.24, 2.45) is 16.3 Å². The maximum absolute atomic E-state index is 12.3. The molecule has 25 heavy (non-hydrogen) atoms.